The molecular formula is C20H22N6O3. The molecule has 0 atom stereocenters. The van der Waals surface area contributed by atoms with Gasteiger partial charge in [0.15, 0.2) is 6.29 Å². The zero-order chi connectivity index (χ0) is 21.0. The Balaban J connectivity index is 1.88. The lowest BCUT2D eigenvalue weighted by Gasteiger charge is -2.29. The standard InChI is InChI=1S/C20H22N6O3/c1-12(2)23-16-7-18(22-9-15(16)8-21)25-20(29)26-5-3-4-13-6-14(10-27)17(11-28)24-19(13)26/h6-7,9,11-12,27H,3-5,10H2,1-2H3,(H2,22,23,25,29). The van der Waals surface area contributed by atoms with Gasteiger partial charge in [-0.25, -0.2) is 14.8 Å². The first-order valence-electron chi connectivity index (χ1n) is 9.30. The average Bonchev–Trinajstić information content (AvgIpc) is 2.71. The molecule has 2 amide bonds. The van der Waals surface area contributed by atoms with E-state index in [1.54, 1.807) is 12.1 Å². The number of aryl methyl sites for hydroxylation is 1. The van der Waals surface area contributed by atoms with Crippen molar-refractivity contribution in [1.82, 2.24) is 9.97 Å². The SMILES string of the molecule is CC(C)Nc1cc(NC(=O)N2CCCc3cc(CO)c(C=O)nc32)ncc1C#N. The second kappa shape index (κ2) is 8.67. The predicted molar refractivity (Wildman–Crippen MR) is 108 cm³/mol. The summed E-state index contributed by atoms with van der Waals surface area (Å²) >= 11 is 0. The summed E-state index contributed by atoms with van der Waals surface area (Å²) in [6.45, 7) is 4.04. The summed E-state index contributed by atoms with van der Waals surface area (Å²) in [5, 5.41) is 24.5. The van der Waals surface area contributed by atoms with Crippen molar-refractivity contribution in [3.63, 3.8) is 0 Å². The molecule has 0 aliphatic carbocycles. The molecule has 29 heavy (non-hydrogen) atoms. The molecule has 0 radical (unpaired) electrons. The van der Waals surface area contributed by atoms with Crippen LogP contribution in [-0.4, -0.2) is 40.0 Å². The van der Waals surface area contributed by atoms with Crippen molar-refractivity contribution >= 4 is 29.6 Å². The Kier molecular flexibility index (Phi) is 6.04. The number of fused-ring (bicyclic) bond motifs is 1. The first-order chi connectivity index (χ1) is 14.0. The number of aromatic nitrogens is 2. The third-order valence-corrected chi connectivity index (χ3v) is 4.51. The van der Waals surface area contributed by atoms with Gasteiger partial charge in [-0.15, -0.1) is 0 Å². The molecule has 1 aliphatic rings. The fraction of sp³-hybridized carbons (Fsp3) is 0.350. The number of urea groups is 1. The average molecular weight is 394 g/mol. The molecule has 3 rings (SSSR count). The molecule has 9 nitrogen and oxygen atoms in total. The molecule has 0 fully saturated rings. The van der Waals surface area contributed by atoms with Crippen LogP contribution in [0, 0.1) is 11.3 Å². The van der Waals surface area contributed by atoms with E-state index in [-0.39, 0.29) is 18.3 Å². The van der Waals surface area contributed by atoms with Gasteiger partial charge in [0.2, 0.25) is 0 Å². The number of anilines is 3. The number of rotatable bonds is 5. The number of aldehydes is 1. The highest BCUT2D eigenvalue weighted by molar-refractivity contribution is 6.01. The molecule has 9 heteroatoms. The van der Waals surface area contributed by atoms with Crippen LogP contribution in [0.5, 0.6) is 0 Å². The summed E-state index contributed by atoms with van der Waals surface area (Å²) in [6.07, 6.45) is 3.41. The Morgan fingerprint density at radius 3 is 2.90 bits per heavy atom. The van der Waals surface area contributed by atoms with Crippen LogP contribution in [0.2, 0.25) is 0 Å². The van der Waals surface area contributed by atoms with Crippen LogP contribution in [0.4, 0.5) is 22.1 Å². The van der Waals surface area contributed by atoms with E-state index in [2.05, 4.69) is 26.7 Å². The number of aliphatic hydroxyl groups is 1. The van der Waals surface area contributed by atoms with Gasteiger partial charge in [0.25, 0.3) is 0 Å². The van der Waals surface area contributed by atoms with E-state index in [1.807, 2.05) is 13.8 Å². The molecule has 0 saturated carbocycles. The molecule has 3 heterocycles. The van der Waals surface area contributed by atoms with Crippen molar-refractivity contribution in [2.75, 3.05) is 22.1 Å². The third kappa shape index (κ3) is 4.33. The monoisotopic (exact) mass is 394 g/mol. The van der Waals surface area contributed by atoms with E-state index in [0.717, 1.165) is 12.0 Å². The number of nitrogens with one attached hydrogen (secondary N) is 2. The summed E-state index contributed by atoms with van der Waals surface area (Å²) in [7, 11) is 0. The third-order valence-electron chi connectivity index (χ3n) is 4.51. The summed E-state index contributed by atoms with van der Waals surface area (Å²) in [6, 6.07) is 5.07. The second-order valence-corrected chi connectivity index (χ2v) is 7.00. The number of nitriles is 1. The molecule has 0 spiro atoms. The fourth-order valence-corrected chi connectivity index (χ4v) is 3.20. The number of amides is 2. The Labute approximate surface area is 168 Å². The van der Waals surface area contributed by atoms with Crippen molar-refractivity contribution in [2.24, 2.45) is 0 Å². The van der Waals surface area contributed by atoms with Crippen molar-refractivity contribution in [3.8, 4) is 6.07 Å². The van der Waals surface area contributed by atoms with Gasteiger partial charge in [0.1, 0.15) is 23.4 Å². The van der Waals surface area contributed by atoms with Crippen molar-refractivity contribution < 1.29 is 14.7 Å². The lowest BCUT2D eigenvalue weighted by molar-refractivity contribution is 0.111. The highest BCUT2D eigenvalue weighted by Gasteiger charge is 2.26. The van der Waals surface area contributed by atoms with Crippen LogP contribution < -0.4 is 15.5 Å². The quantitative estimate of drug-likeness (QED) is 0.664. The summed E-state index contributed by atoms with van der Waals surface area (Å²) in [4.78, 5) is 34.1. The largest absolute Gasteiger partial charge is 0.392 e. The zero-order valence-corrected chi connectivity index (χ0v) is 16.3. The van der Waals surface area contributed by atoms with Gasteiger partial charge in [-0.1, -0.05) is 0 Å². The van der Waals surface area contributed by atoms with Crippen LogP contribution in [0.3, 0.4) is 0 Å². The minimum absolute atomic E-state index is 0.105. The molecule has 0 unspecified atom stereocenters. The summed E-state index contributed by atoms with van der Waals surface area (Å²) in [5.74, 6) is 0.703. The van der Waals surface area contributed by atoms with E-state index in [4.69, 9.17) is 0 Å². The first-order valence-corrected chi connectivity index (χ1v) is 9.30. The number of carbonyl (C=O) groups excluding carboxylic acids is 2. The van der Waals surface area contributed by atoms with Crippen LogP contribution >= 0.6 is 0 Å². The lowest BCUT2D eigenvalue weighted by Crippen LogP contribution is -2.40. The maximum absolute atomic E-state index is 12.9. The molecule has 2 aromatic rings. The Morgan fingerprint density at radius 1 is 1.45 bits per heavy atom. The van der Waals surface area contributed by atoms with Crippen molar-refractivity contribution in [3.05, 3.63) is 40.7 Å². The minimum Gasteiger partial charge on any atom is -0.392 e. The number of nitrogens with zero attached hydrogens (tertiary/aromatic N) is 4. The highest BCUT2D eigenvalue weighted by atomic mass is 16.3. The molecule has 0 aromatic carbocycles. The summed E-state index contributed by atoms with van der Waals surface area (Å²) < 4.78 is 0. The van der Waals surface area contributed by atoms with E-state index < -0.39 is 6.03 Å². The molecule has 1 aliphatic heterocycles. The first kappa shape index (κ1) is 20.2. The minimum atomic E-state index is -0.431. The van der Waals surface area contributed by atoms with Gasteiger partial charge in [0.05, 0.1) is 17.9 Å². The Morgan fingerprint density at radius 2 is 2.24 bits per heavy atom. The fourth-order valence-electron chi connectivity index (χ4n) is 3.20. The van der Waals surface area contributed by atoms with Gasteiger partial charge < -0.3 is 10.4 Å². The van der Waals surface area contributed by atoms with Crippen LogP contribution in [-0.2, 0) is 13.0 Å². The van der Waals surface area contributed by atoms with Gasteiger partial charge in [-0.3, -0.25) is 15.0 Å². The van der Waals surface area contributed by atoms with Gasteiger partial charge in [0, 0.05) is 30.4 Å². The van der Waals surface area contributed by atoms with E-state index in [0.29, 0.717) is 47.7 Å². The molecule has 3 N–H and O–H groups in total. The van der Waals surface area contributed by atoms with Crippen LogP contribution in [0.15, 0.2) is 18.3 Å². The van der Waals surface area contributed by atoms with Gasteiger partial charge >= 0.3 is 6.03 Å². The molecule has 0 saturated heterocycles. The van der Waals surface area contributed by atoms with E-state index in [9.17, 15) is 20.0 Å². The zero-order valence-electron chi connectivity index (χ0n) is 16.3. The molecular weight excluding hydrogens is 372 g/mol. The van der Waals surface area contributed by atoms with E-state index in [1.165, 1.54) is 11.1 Å². The molecule has 2 aromatic heterocycles. The topological polar surface area (TPSA) is 131 Å². The van der Waals surface area contributed by atoms with Crippen molar-refractivity contribution in [2.45, 2.75) is 39.3 Å². The predicted octanol–water partition coefficient (Wildman–Crippen LogP) is 2.46. The number of hydrogen-bond donors (Lipinski definition) is 3. The normalized spacial score (nSPS) is 12.9. The number of pyridine rings is 2. The Hall–Kier alpha value is -3.51. The number of carbonyl (C=O) groups is 2. The van der Waals surface area contributed by atoms with Gasteiger partial charge in [-0.2, -0.15) is 5.26 Å². The Bertz CT molecular complexity index is 983. The van der Waals surface area contributed by atoms with Crippen LogP contribution in [0.1, 0.15) is 47.4 Å². The molecule has 0 bridgehead atoms. The second-order valence-electron chi connectivity index (χ2n) is 7.00. The van der Waals surface area contributed by atoms with E-state index >= 15 is 0 Å². The maximum Gasteiger partial charge on any atom is 0.328 e. The molecule has 150 valence electrons. The van der Waals surface area contributed by atoms with Crippen LogP contribution in [0.25, 0.3) is 0 Å². The highest BCUT2D eigenvalue weighted by Crippen LogP contribution is 2.28. The van der Waals surface area contributed by atoms with Crippen molar-refractivity contribution in [1.29, 1.82) is 5.26 Å². The lowest BCUT2D eigenvalue weighted by atomic mass is 10.0. The smallest absolute Gasteiger partial charge is 0.328 e. The maximum atomic E-state index is 12.9. The number of aliphatic hydroxyl groups excluding tert-OH is 1. The summed E-state index contributed by atoms with van der Waals surface area (Å²) in [5.41, 5.74) is 2.33. The van der Waals surface area contributed by atoms with Gasteiger partial charge in [-0.05, 0) is 38.3 Å². The number of hydrogen-bond acceptors (Lipinski definition) is 7.